The monoisotopic (exact) mass is 281 g/mol. The minimum Gasteiger partial charge on any atom is -0.481 e. The van der Waals surface area contributed by atoms with E-state index in [1.807, 2.05) is 0 Å². The third-order valence-electron chi connectivity index (χ3n) is 2.08. The second kappa shape index (κ2) is 10.4. The van der Waals surface area contributed by atoms with Crippen LogP contribution in [0.25, 0.3) is 0 Å². The molecule has 0 atom stereocenters. The summed E-state index contributed by atoms with van der Waals surface area (Å²) >= 11 is 5.22. The zero-order valence-corrected chi connectivity index (χ0v) is 12.2. The lowest BCUT2D eigenvalue weighted by atomic mass is 10.4. The van der Waals surface area contributed by atoms with Crippen LogP contribution in [0.2, 0.25) is 0 Å². The van der Waals surface area contributed by atoms with Gasteiger partial charge in [0.15, 0.2) is 0 Å². The van der Waals surface area contributed by atoms with Gasteiger partial charge in [-0.05, 0) is 13.1 Å². The van der Waals surface area contributed by atoms with Crippen LogP contribution >= 0.6 is 33.8 Å². The highest BCUT2D eigenvalue weighted by Gasteiger charge is 2.04. The molecule has 0 aliphatic heterocycles. The van der Waals surface area contributed by atoms with E-state index in [-0.39, 0.29) is 6.42 Å². The SMILES string of the molecule is CCN(CC)CCC(=S)SSCCC(=O)O. The van der Waals surface area contributed by atoms with E-state index in [9.17, 15) is 4.79 Å². The molecule has 0 aromatic heterocycles. The van der Waals surface area contributed by atoms with Gasteiger partial charge in [-0.3, -0.25) is 4.79 Å². The summed E-state index contributed by atoms with van der Waals surface area (Å²) in [4.78, 5) is 12.6. The van der Waals surface area contributed by atoms with Gasteiger partial charge in [-0.1, -0.05) is 47.7 Å². The summed E-state index contributed by atoms with van der Waals surface area (Å²) in [6.07, 6.45) is 1.11. The number of hydrogen-bond acceptors (Lipinski definition) is 5. The van der Waals surface area contributed by atoms with Gasteiger partial charge in [-0.15, -0.1) is 0 Å². The van der Waals surface area contributed by atoms with Crippen molar-refractivity contribution in [1.29, 1.82) is 0 Å². The van der Waals surface area contributed by atoms with Crippen molar-refractivity contribution in [2.75, 3.05) is 25.4 Å². The number of carbonyl (C=O) groups is 1. The number of carboxylic acid groups (broad SMARTS) is 1. The molecule has 0 bridgehead atoms. The number of aliphatic carboxylic acids is 1. The summed E-state index contributed by atoms with van der Waals surface area (Å²) in [7, 11) is 3.07. The van der Waals surface area contributed by atoms with E-state index >= 15 is 0 Å². The lowest BCUT2D eigenvalue weighted by Crippen LogP contribution is -2.24. The van der Waals surface area contributed by atoms with Crippen LogP contribution in [0, 0.1) is 0 Å². The number of hydrogen-bond donors (Lipinski definition) is 1. The molecule has 0 saturated carbocycles. The van der Waals surface area contributed by atoms with Gasteiger partial charge >= 0.3 is 5.97 Å². The Morgan fingerprint density at radius 2 is 1.94 bits per heavy atom. The molecule has 0 aliphatic rings. The fourth-order valence-electron chi connectivity index (χ4n) is 1.07. The van der Waals surface area contributed by atoms with Crippen LogP contribution in [0.5, 0.6) is 0 Å². The molecule has 0 amide bonds. The zero-order chi connectivity index (χ0) is 12.4. The molecular weight excluding hydrogens is 262 g/mol. The molecule has 6 heteroatoms. The maximum Gasteiger partial charge on any atom is 0.304 e. The van der Waals surface area contributed by atoms with Gasteiger partial charge in [0.1, 0.15) is 0 Å². The fourth-order valence-corrected chi connectivity index (χ4v) is 3.38. The smallest absolute Gasteiger partial charge is 0.304 e. The van der Waals surface area contributed by atoms with Crippen LogP contribution in [0.4, 0.5) is 0 Å². The standard InChI is InChI=1S/C10H19NO2S3/c1-3-11(4-2)7-5-10(14)16-15-8-6-9(12)13/h3-8H2,1-2H3,(H,12,13). The topological polar surface area (TPSA) is 40.5 Å². The minimum absolute atomic E-state index is 0.205. The normalized spacial score (nSPS) is 10.7. The van der Waals surface area contributed by atoms with Crippen LogP contribution in [-0.4, -0.2) is 45.6 Å². The van der Waals surface area contributed by atoms with Crippen LogP contribution in [0.1, 0.15) is 26.7 Å². The van der Waals surface area contributed by atoms with Crippen LogP contribution in [0.15, 0.2) is 0 Å². The molecule has 1 N–H and O–H groups in total. The molecule has 0 rings (SSSR count). The quantitative estimate of drug-likeness (QED) is 0.398. The highest BCUT2D eigenvalue weighted by Crippen LogP contribution is 2.25. The van der Waals surface area contributed by atoms with E-state index < -0.39 is 5.97 Å². The zero-order valence-electron chi connectivity index (χ0n) is 9.77. The van der Waals surface area contributed by atoms with Crippen molar-refractivity contribution < 1.29 is 9.90 Å². The molecule has 0 fully saturated rings. The van der Waals surface area contributed by atoms with Crippen molar-refractivity contribution in [3.63, 3.8) is 0 Å². The first-order valence-corrected chi connectivity index (χ1v) is 8.09. The van der Waals surface area contributed by atoms with Gasteiger partial charge in [0.05, 0.1) is 10.6 Å². The Morgan fingerprint density at radius 3 is 2.44 bits per heavy atom. The molecule has 0 saturated heterocycles. The molecular formula is C10H19NO2S3. The highest BCUT2D eigenvalue weighted by atomic mass is 33.1. The molecule has 0 aromatic rings. The Hall–Kier alpha value is 0.220. The van der Waals surface area contributed by atoms with Gasteiger partial charge < -0.3 is 10.0 Å². The van der Waals surface area contributed by atoms with E-state index in [0.29, 0.717) is 5.75 Å². The summed E-state index contributed by atoms with van der Waals surface area (Å²) in [5.74, 6) is -0.132. The minimum atomic E-state index is -0.748. The van der Waals surface area contributed by atoms with Gasteiger partial charge in [-0.25, -0.2) is 0 Å². The third kappa shape index (κ3) is 9.45. The molecule has 0 radical (unpaired) electrons. The Balaban J connectivity index is 3.47. The van der Waals surface area contributed by atoms with Gasteiger partial charge in [0, 0.05) is 18.7 Å². The molecule has 3 nitrogen and oxygen atoms in total. The fraction of sp³-hybridized carbons (Fsp3) is 0.800. The molecule has 16 heavy (non-hydrogen) atoms. The Morgan fingerprint density at radius 1 is 1.31 bits per heavy atom. The summed E-state index contributed by atoms with van der Waals surface area (Å²) in [6, 6.07) is 0. The van der Waals surface area contributed by atoms with E-state index in [4.69, 9.17) is 17.3 Å². The molecule has 0 aliphatic carbocycles. The maximum atomic E-state index is 10.3. The number of rotatable bonds is 9. The second-order valence-corrected chi connectivity index (χ2v) is 6.46. The van der Waals surface area contributed by atoms with Gasteiger partial charge in [0.25, 0.3) is 0 Å². The van der Waals surface area contributed by atoms with Crippen molar-refractivity contribution in [2.45, 2.75) is 26.7 Å². The molecule has 0 heterocycles. The molecule has 0 spiro atoms. The summed E-state index contributed by atoms with van der Waals surface area (Å²) in [5, 5.41) is 8.46. The van der Waals surface area contributed by atoms with Crippen LogP contribution in [-0.2, 0) is 4.79 Å². The second-order valence-electron chi connectivity index (χ2n) is 3.20. The summed E-state index contributed by atoms with van der Waals surface area (Å²) in [6.45, 7) is 7.38. The maximum absolute atomic E-state index is 10.3. The first kappa shape index (κ1) is 16.2. The first-order chi connectivity index (χ1) is 7.60. The Labute approximate surface area is 111 Å². The van der Waals surface area contributed by atoms with E-state index in [1.54, 1.807) is 0 Å². The summed E-state index contributed by atoms with van der Waals surface area (Å²) in [5.41, 5.74) is 0. The number of nitrogens with zero attached hydrogens (tertiary/aromatic N) is 1. The van der Waals surface area contributed by atoms with Crippen molar-refractivity contribution in [1.82, 2.24) is 4.90 Å². The molecule has 0 unspecified atom stereocenters. The lowest BCUT2D eigenvalue weighted by Gasteiger charge is -2.17. The Bertz CT molecular complexity index is 220. The molecule has 0 aromatic carbocycles. The lowest BCUT2D eigenvalue weighted by molar-refractivity contribution is -0.136. The van der Waals surface area contributed by atoms with E-state index in [1.165, 1.54) is 21.6 Å². The van der Waals surface area contributed by atoms with Crippen molar-refractivity contribution in [2.24, 2.45) is 0 Å². The first-order valence-electron chi connectivity index (χ1n) is 5.36. The van der Waals surface area contributed by atoms with Crippen LogP contribution in [0.3, 0.4) is 0 Å². The predicted molar refractivity (Wildman–Crippen MR) is 77.3 cm³/mol. The third-order valence-corrected chi connectivity index (χ3v) is 5.18. The van der Waals surface area contributed by atoms with E-state index in [0.717, 1.165) is 30.3 Å². The number of carboxylic acids is 1. The highest BCUT2D eigenvalue weighted by molar-refractivity contribution is 8.83. The van der Waals surface area contributed by atoms with Crippen molar-refractivity contribution in [3.05, 3.63) is 0 Å². The predicted octanol–water partition coefficient (Wildman–Crippen LogP) is 2.90. The Kier molecular flexibility index (Phi) is 10.5. The van der Waals surface area contributed by atoms with Crippen molar-refractivity contribution >= 4 is 44.0 Å². The molecule has 94 valence electrons. The van der Waals surface area contributed by atoms with Crippen molar-refractivity contribution in [3.8, 4) is 0 Å². The average molecular weight is 281 g/mol. The van der Waals surface area contributed by atoms with Crippen LogP contribution < -0.4 is 0 Å². The van der Waals surface area contributed by atoms with Gasteiger partial charge in [0.2, 0.25) is 0 Å². The van der Waals surface area contributed by atoms with Gasteiger partial charge in [-0.2, -0.15) is 0 Å². The number of thiocarbonyl (C=S) groups is 1. The summed E-state index contributed by atoms with van der Waals surface area (Å²) < 4.78 is 0.960. The van der Waals surface area contributed by atoms with E-state index in [2.05, 4.69) is 18.7 Å². The largest absolute Gasteiger partial charge is 0.481 e. The average Bonchev–Trinajstić information content (AvgIpc) is 2.25.